The quantitative estimate of drug-likeness (QED) is 0.593. The monoisotopic (exact) mass is 418 g/mol. The number of methoxy groups -OCH3 is 1. The van der Waals surface area contributed by atoms with Gasteiger partial charge >= 0.3 is 6.09 Å². The second kappa shape index (κ2) is 8.20. The molecule has 1 saturated carbocycles. The number of nitrogens with one attached hydrogen (secondary N) is 3. The number of carbonyl (C=O) groups is 1. The lowest BCUT2D eigenvalue weighted by Crippen LogP contribution is -2.41. The molecule has 3 aromatic heterocycles. The molecule has 1 fully saturated rings. The first kappa shape index (κ1) is 19.4. The number of carbonyl (C=O) groups excluding carboxylic acids is 1. The molecule has 0 saturated heterocycles. The van der Waals surface area contributed by atoms with E-state index in [9.17, 15) is 9.18 Å². The van der Waals surface area contributed by atoms with Crippen LogP contribution in [0.25, 0.3) is 22.4 Å². The van der Waals surface area contributed by atoms with E-state index < -0.39 is 11.9 Å². The minimum Gasteiger partial charge on any atom is -0.453 e. The zero-order valence-electron chi connectivity index (χ0n) is 15.7. The number of aromatic nitrogens is 4. The SMILES string of the molecule is COC(=O)N[C@@H]1CCC[C@H](Nc2nc(-c3c[nH]c4ncc(Cl)cc34)ncc2F)C1. The largest absolute Gasteiger partial charge is 0.453 e. The fraction of sp³-hybridized carbons (Fsp3) is 0.368. The normalized spacial score (nSPS) is 19.1. The van der Waals surface area contributed by atoms with Gasteiger partial charge in [-0.3, -0.25) is 0 Å². The lowest BCUT2D eigenvalue weighted by atomic mass is 9.91. The zero-order valence-corrected chi connectivity index (χ0v) is 16.5. The number of aromatic amines is 1. The maximum absolute atomic E-state index is 14.4. The second-order valence-electron chi connectivity index (χ2n) is 6.98. The number of amides is 1. The van der Waals surface area contributed by atoms with Crippen molar-refractivity contribution in [3.63, 3.8) is 0 Å². The highest BCUT2D eigenvalue weighted by atomic mass is 35.5. The number of anilines is 1. The van der Waals surface area contributed by atoms with Crippen molar-refractivity contribution in [1.82, 2.24) is 25.3 Å². The van der Waals surface area contributed by atoms with Gasteiger partial charge in [-0.05, 0) is 31.7 Å². The van der Waals surface area contributed by atoms with Crippen LogP contribution in [0.1, 0.15) is 25.7 Å². The summed E-state index contributed by atoms with van der Waals surface area (Å²) in [5.41, 5.74) is 1.34. The summed E-state index contributed by atoms with van der Waals surface area (Å²) in [5.74, 6) is -0.0416. The van der Waals surface area contributed by atoms with E-state index >= 15 is 0 Å². The molecule has 3 N–H and O–H groups in total. The van der Waals surface area contributed by atoms with E-state index in [4.69, 9.17) is 11.6 Å². The Balaban J connectivity index is 1.55. The molecule has 0 radical (unpaired) electrons. The summed E-state index contributed by atoms with van der Waals surface area (Å²) >= 11 is 6.05. The van der Waals surface area contributed by atoms with Gasteiger partial charge in [-0.1, -0.05) is 11.6 Å². The number of nitrogens with zero attached hydrogens (tertiary/aromatic N) is 3. The number of fused-ring (bicyclic) bond motifs is 1. The van der Waals surface area contributed by atoms with E-state index in [1.165, 1.54) is 7.11 Å². The molecule has 0 unspecified atom stereocenters. The number of rotatable bonds is 4. The molecule has 2 atom stereocenters. The predicted octanol–water partition coefficient (Wildman–Crippen LogP) is 3.89. The van der Waals surface area contributed by atoms with Crippen LogP contribution >= 0.6 is 11.6 Å². The molecule has 152 valence electrons. The summed E-state index contributed by atoms with van der Waals surface area (Å²) in [6.45, 7) is 0. The van der Waals surface area contributed by atoms with E-state index in [0.717, 1.165) is 30.8 Å². The molecule has 0 bridgehead atoms. The molecule has 10 heteroatoms. The van der Waals surface area contributed by atoms with Crippen LogP contribution in [0.2, 0.25) is 5.02 Å². The Morgan fingerprint density at radius 2 is 2.14 bits per heavy atom. The van der Waals surface area contributed by atoms with Gasteiger partial charge in [-0.2, -0.15) is 0 Å². The Bertz CT molecular complexity index is 1040. The molecular formula is C19H20ClFN6O2. The van der Waals surface area contributed by atoms with Crippen LogP contribution in [0.5, 0.6) is 0 Å². The van der Waals surface area contributed by atoms with Gasteiger partial charge in [0.25, 0.3) is 0 Å². The first-order valence-electron chi connectivity index (χ1n) is 9.30. The van der Waals surface area contributed by atoms with E-state index in [-0.39, 0.29) is 17.9 Å². The summed E-state index contributed by atoms with van der Waals surface area (Å²) in [6, 6.07) is 1.71. The minimum atomic E-state index is -0.534. The van der Waals surface area contributed by atoms with E-state index in [1.54, 1.807) is 18.5 Å². The molecule has 0 spiro atoms. The number of hydrogen-bond acceptors (Lipinski definition) is 6. The Kier molecular flexibility index (Phi) is 5.48. The molecule has 29 heavy (non-hydrogen) atoms. The van der Waals surface area contributed by atoms with Gasteiger partial charge in [-0.25, -0.2) is 24.1 Å². The Morgan fingerprint density at radius 1 is 1.31 bits per heavy atom. The highest BCUT2D eigenvalue weighted by Gasteiger charge is 2.25. The van der Waals surface area contributed by atoms with E-state index in [0.29, 0.717) is 28.5 Å². The third kappa shape index (κ3) is 4.24. The van der Waals surface area contributed by atoms with Crippen LogP contribution in [0.4, 0.5) is 15.0 Å². The highest BCUT2D eigenvalue weighted by molar-refractivity contribution is 6.31. The van der Waals surface area contributed by atoms with Crippen molar-refractivity contribution in [3.05, 3.63) is 35.5 Å². The third-order valence-corrected chi connectivity index (χ3v) is 5.21. The lowest BCUT2D eigenvalue weighted by Gasteiger charge is -2.30. The number of H-pyrrole nitrogens is 1. The van der Waals surface area contributed by atoms with E-state index in [1.807, 2.05) is 0 Å². The van der Waals surface area contributed by atoms with Crippen molar-refractivity contribution in [1.29, 1.82) is 0 Å². The molecule has 1 aliphatic carbocycles. The average molecular weight is 419 g/mol. The van der Waals surface area contributed by atoms with Crippen LogP contribution in [0.15, 0.2) is 24.7 Å². The standard InChI is InChI=1S/C19H20ClFN6O2/c1-29-19(28)26-12-4-2-3-11(6-12)25-18-15(21)9-24-17(27-18)14-8-23-16-13(14)5-10(20)7-22-16/h5,7-9,11-12H,2-4,6H2,1H3,(H,22,23)(H,26,28)(H,24,25,27)/t11-,12+/m0/s1. The van der Waals surface area contributed by atoms with Crippen LogP contribution in [-0.2, 0) is 4.74 Å². The molecule has 1 aliphatic rings. The molecule has 8 nitrogen and oxygen atoms in total. The third-order valence-electron chi connectivity index (χ3n) is 5.01. The van der Waals surface area contributed by atoms with Crippen molar-refractivity contribution in [2.75, 3.05) is 12.4 Å². The Hall–Kier alpha value is -2.94. The molecular weight excluding hydrogens is 399 g/mol. The van der Waals surface area contributed by atoms with Crippen LogP contribution < -0.4 is 10.6 Å². The first-order chi connectivity index (χ1) is 14.0. The summed E-state index contributed by atoms with van der Waals surface area (Å²) in [5, 5.41) is 7.22. The second-order valence-corrected chi connectivity index (χ2v) is 7.42. The van der Waals surface area contributed by atoms with Gasteiger partial charge in [0.05, 0.1) is 18.3 Å². The number of alkyl carbamates (subject to hydrolysis) is 1. The van der Waals surface area contributed by atoms with Gasteiger partial charge in [0.2, 0.25) is 0 Å². The number of pyridine rings is 1. The first-order valence-corrected chi connectivity index (χ1v) is 9.68. The molecule has 0 aromatic carbocycles. The van der Waals surface area contributed by atoms with Gasteiger partial charge < -0.3 is 20.4 Å². The number of halogens is 2. The van der Waals surface area contributed by atoms with Crippen LogP contribution in [-0.4, -0.2) is 45.2 Å². The van der Waals surface area contributed by atoms with E-state index in [2.05, 4.69) is 35.3 Å². The highest BCUT2D eigenvalue weighted by Crippen LogP contribution is 2.29. The van der Waals surface area contributed by atoms with Crippen molar-refractivity contribution in [2.45, 2.75) is 37.8 Å². The Morgan fingerprint density at radius 3 is 2.97 bits per heavy atom. The fourth-order valence-electron chi connectivity index (χ4n) is 3.63. The Labute approximate surface area is 171 Å². The maximum atomic E-state index is 14.4. The topological polar surface area (TPSA) is 105 Å². The van der Waals surface area contributed by atoms with Gasteiger partial charge in [0.15, 0.2) is 17.5 Å². The number of ether oxygens (including phenoxy) is 1. The van der Waals surface area contributed by atoms with Crippen molar-refractivity contribution < 1.29 is 13.9 Å². The predicted molar refractivity (Wildman–Crippen MR) is 107 cm³/mol. The number of hydrogen-bond donors (Lipinski definition) is 3. The van der Waals surface area contributed by atoms with Crippen molar-refractivity contribution in [3.8, 4) is 11.4 Å². The molecule has 0 aliphatic heterocycles. The minimum absolute atomic E-state index is 0.0257. The summed E-state index contributed by atoms with van der Waals surface area (Å²) in [7, 11) is 1.33. The average Bonchev–Trinajstić information content (AvgIpc) is 3.13. The van der Waals surface area contributed by atoms with Crippen LogP contribution in [0.3, 0.4) is 0 Å². The molecule has 3 heterocycles. The molecule has 4 rings (SSSR count). The zero-order chi connectivity index (χ0) is 20.4. The molecule has 1 amide bonds. The molecule has 3 aromatic rings. The smallest absolute Gasteiger partial charge is 0.407 e. The fourth-order valence-corrected chi connectivity index (χ4v) is 3.79. The van der Waals surface area contributed by atoms with Crippen molar-refractivity contribution in [2.24, 2.45) is 0 Å². The summed E-state index contributed by atoms with van der Waals surface area (Å²) in [4.78, 5) is 27.2. The summed E-state index contributed by atoms with van der Waals surface area (Å²) in [6.07, 6.45) is 7.22. The van der Waals surface area contributed by atoms with Gasteiger partial charge in [-0.15, -0.1) is 0 Å². The van der Waals surface area contributed by atoms with Gasteiger partial charge in [0, 0.05) is 35.4 Å². The lowest BCUT2D eigenvalue weighted by molar-refractivity contribution is 0.162. The van der Waals surface area contributed by atoms with Crippen LogP contribution in [0, 0.1) is 5.82 Å². The van der Waals surface area contributed by atoms with Crippen molar-refractivity contribution >= 4 is 34.5 Å². The van der Waals surface area contributed by atoms with Gasteiger partial charge in [0.1, 0.15) is 5.65 Å². The summed E-state index contributed by atoms with van der Waals surface area (Å²) < 4.78 is 19.0. The maximum Gasteiger partial charge on any atom is 0.407 e.